The lowest BCUT2D eigenvalue weighted by Gasteiger charge is -2.25. The predicted octanol–water partition coefficient (Wildman–Crippen LogP) is 2.06. The molecule has 4 heteroatoms. The predicted molar refractivity (Wildman–Crippen MR) is 58.1 cm³/mol. The Balaban J connectivity index is 2.33. The molecule has 1 aromatic heterocycles. The lowest BCUT2D eigenvalue weighted by atomic mass is 10.1. The van der Waals surface area contributed by atoms with E-state index in [0.29, 0.717) is 0 Å². The highest BCUT2D eigenvalue weighted by Crippen LogP contribution is 2.32. The Morgan fingerprint density at radius 1 is 1.27 bits per heavy atom. The van der Waals surface area contributed by atoms with Gasteiger partial charge in [0, 0.05) is 0 Å². The largest absolute Gasteiger partial charge is 0.374 e. The fraction of sp³-hybridized carbons (Fsp3) is 0.273. The van der Waals surface area contributed by atoms with Gasteiger partial charge in [-0.15, -0.1) is 10.2 Å². The van der Waals surface area contributed by atoms with E-state index < -0.39 is 0 Å². The minimum absolute atomic E-state index is 0.209. The number of aryl methyl sites for hydroxylation is 1. The molecule has 1 aliphatic rings. The second-order valence-corrected chi connectivity index (χ2v) is 3.82. The molecule has 0 bridgehead atoms. The maximum atomic E-state index is 4.19. The summed E-state index contributed by atoms with van der Waals surface area (Å²) in [7, 11) is 0. The number of rotatable bonds is 0. The van der Waals surface area contributed by atoms with Gasteiger partial charge in [-0.05, 0) is 26.0 Å². The molecule has 1 aliphatic heterocycles. The highest BCUT2D eigenvalue weighted by molar-refractivity contribution is 5.64. The van der Waals surface area contributed by atoms with Crippen LogP contribution in [-0.4, -0.2) is 14.8 Å². The summed E-state index contributed by atoms with van der Waals surface area (Å²) in [5, 5.41) is 11.7. The molecule has 1 aromatic carbocycles. The Labute approximate surface area is 88.0 Å². The first kappa shape index (κ1) is 8.47. The molecule has 1 N–H and O–H groups in total. The van der Waals surface area contributed by atoms with Crippen molar-refractivity contribution in [2.75, 3.05) is 5.32 Å². The zero-order valence-corrected chi connectivity index (χ0v) is 8.73. The highest BCUT2D eigenvalue weighted by atomic mass is 15.3. The van der Waals surface area contributed by atoms with Crippen LogP contribution in [-0.2, 0) is 0 Å². The van der Waals surface area contributed by atoms with Gasteiger partial charge in [0.25, 0.3) is 0 Å². The first-order valence-corrected chi connectivity index (χ1v) is 5.05. The molecule has 0 amide bonds. The van der Waals surface area contributed by atoms with Crippen LogP contribution in [0.15, 0.2) is 24.3 Å². The summed E-state index contributed by atoms with van der Waals surface area (Å²) in [5.41, 5.74) is 2.27. The van der Waals surface area contributed by atoms with Crippen molar-refractivity contribution in [2.24, 2.45) is 0 Å². The van der Waals surface area contributed by atoms with E-state index in [1.54, 1.807) is 0 Å². The zero-order valence-electron chi connectivity index (χ0n) is 8.73. The number of aromatic nitrogens is 3. The summed E-state index contributed by atoms with van der Waals surface area (Å²) < 4.78 is 2.11. The maximum absolute atomic E-state index is 4.19. The third-order valence-electron chi connectivity index (χ3n) is 2.75. The Bertz CT molecular complexity index is 515. The standard InChI is InChI=1S/C11H12N4/c1-7-11-14-13-8(2)15(11)10-6-4-3-5-9(10)12-7/h3-7,12H,1-2H3. The fourth-order valence-electron chi connectivity index (χ4n) is 2.05. The Morgan fingerprint density at radius 2 is 2.07 bits per heavy atom. The van der Waals surface area contributed by atoms with Gasteiger partial charge in [-0.3, -0.25) is 4.57 Å². The van der Waals surface area contributed by atoms with Crippen LogP contribution >= 0.6 is 0 Å². The van der Waals surface area contributed by atoms with Gasteiger partial charge in [0.15, 0.2) is 5.82 Å². The van der Waals surface area contributed by atoms with Crippen LogP contribution in [0.1, 0.15) is 24.6 Å². The molecule has 2 heterocycles. The normalized spacial score (nSPS) is 17.9. The fourth-order valence-corrected chi connectivity index (χ4v) is 2.05. The van der Waals surface area contributed by atoms with E-state index in [9.17, 15) is 0 Å². The van der Waals surface area contributed by atoms with Crippen molar-refractivity contribution in [1.82, 2.24) is 14.8 Å². The third-order valence-corrected chi connectivity index (χ3v) is 2.75. The number of hydrogen-bond acceptors (Lipinski definition) is 3. The lowest BCUT2D eigenvalue weighted by molar-refractivity contribution is 0.731. The van der Waals surface area contributed by atoms with Gasteiger partial charge in [0.1, 0.15) is 5.82 Å². The topological polar surface area (TPSA) is 42.7 Å². The first-order chi connectivity index (χ1) is 7.27. The number of fused-ring (bicyclic) bond motifs is 3. The molecule has 15 heavy (non-hydrogen) atoms. The molecule has 1 unspecified atom stereocenters. The maximum Gasteiger partial charge on any atom is 0.159 e. The number of nitrogens with one attached hydrogen (secondary N) is 1. The van der Waals surface area contributed by atoms with Crippen molar-refractivity contribution >= 4 is 5.69 Å². The second kappa shape index (κ2) is 2.82. The molecular formula is C11H12N4. The van der Waals surface area contributed by atoms with Crippen LogP contribution in [0, 0.1) is 6.92 Å². The van der Waals surface area contributed by atoms with E-state index in [2.05, 4.69) is 39.1 Å². The van der Waals surface area contributed by atoms with Gasteiger partial charge in [-0.2, -0.15) is 0 Å². The van der Waals surface area contributed by atoms with Gasteiger partial charge >= 0.3 is 0 Å². The minimum atomic E-state index is 0.209. The van der Waals surface area contributed by atoms with Crippen LogP contribution < -0.4 is 5.32 Å². The zero-order chi connectivity index (χ0) is 10.4. The lowest BCUT2D eigenvalue weighted by Crippen LogP contribution is -2.20. The molecule has 76 valence electrons. The second-order valence-electron chi connectivity index (χ2n) is 3.82. The van der Waals surface area contributed by atoms with Crippen LogP contribution in [0.2, 0.25) is 0 Å². The number of nitrogens with zero attached hydrogens (tertiary/aromatic N) is 3. The quantitative estimate of drug-likeness (QED) is 0.707. The van der Waals surface area contributed by atoms with E-state index in [1.165, 1.54) is 0 Å². The molecular weight excluding hydrogens is 188 g/mol. The van der Waals surface area contributed by atoms with Crippen molar-refractivity contribution in [3.63, 3.8) is 0 Å². The smallest absolute Gasteiger partial charge is 0.159 e. The van der Waals surface area contributed by atoms with E-state index in [4.69, 9.17) is 0 Å². The van der Waals surface area contributed by atoms with E-state index in [0.717, 1.165) is 23.0 Å². The molecule has 0 saturated carbocycles. The molecule has 0 saturated heterocycles. The summed E-state index contributed by atoms with van der Waals surface area (Å²) in [4.78, 5) is 0. The Hall–Kier alpha value is -1.84. The van der Waals surface area contributed by atoms with Crippen molar-refractivity contribution < 1.29 is 0 Å². The average Bonchev–Trinajstić information content (AvgIpc) is 2.62. The first-order valence-electron chi connectivity index (χ1n) is 5.05. The third kappa shape index (κ3) is 1.08. The summed E-state index contributed by atoms with van der Waals surface area (Å²) >= 11 is 0. The Morgan fingerprint density at radius 3 is 2.93 bits per heavy atom. The van der Waals surface area contributed by atoms with Gasteiger partial charge < -0.3 is 5.32 Å². The van der Waals surface area contributed by atoms with Crippen LogP contribution in [0.4, 0.5) is 5.69 Å². The van der Waals surface area contributed by atoms with Gasteiger partial charge in [0.2, 0.25) is 0 Å². The van der Waals surface area contributed by atoms with E-state index in [1.807, 2.05) is 19.1 Å². The molecule has 1 atom stereocenters. The summed E-state index contributed by atoms with van der Waals surface area (Å²) in [6.45, 7) is 4.07. The SMILES string of the molecule is Cc1nnc2n1-c1ccccc1NC2C. The summed E-state index contributed by atoms with van der Waals surface area (Å²) in [6.07, 6.45) is 0. The van der Waals surface area contributed by atoms with Crippen LogP contribution in [0.5, 0.6) is 0 Å². The van der Waals surface area contributed by atoms with E-state index in [-0.39, 0.29) is 6.04 Å². The van der Waals surface area contributed by atoms with Crippen LogP contribution in [0.3, 0.4) is 0 Å². The van der Waals surface area contributed by atoms with Crippen molar-refractivity contribution in [1.29, 1.82) is 0 Å². The summed E-state index contributed by atoms with van der Waals surface area (Å²) in [6, 6.07) is 8.42. The number of para-hydroxylation sites is 2. The minimum Gasteiger partial charge on any atom is -0.374 e. The van der Waals surface area contributed by atoms with Gasteiger partial charge in [-0.25, -0.2) is 0 Å². The molecule has 4 nitrogen and oxygen atoms in total. The molecule has 0 radical (unpaired) electrons. The van der Waals surface area contributed by atoms with Crippen molar-refractivity contribution in [3.8, 4) is 5.69 Å². The van der Waals surface area contributed by atoms with Gasteiger partial charge in [0.05, 0.1) is 17.4 Å². The number of hydrogen-bond donors (Lipinski definition) is 1. The Kier molecular flexibility index (Phi) is 1.59. The number of benzene rings is 1. The molecule has 0 aliphatic carbocycles. The number of anilines is 1. The van der Waals surface area contributed by atoms with Crippen molar-refractivity contribution in [2.45, 2.75) is 19.9 Å². The molecule has 0 fully saturated rings. The molecule has 0 spiro atoms. The molecule has 3 rings (SSSR count). The average molecular weight is 200 g/mol. The van der Waals surface area contributed by atoms with Gasteiger partial charge in [-0.1, -0.05) is 12.1 Å². The van der Waals surface area contributed by atoms with E-state index >= 15 is 0 Å². The van der Waals surface area contributed by atoms with Crippen LogP contribution in [0.25, 0.3) is 5.69 Å². The highest BCUT2D eigenvalue weighted by Gasteiger charge is 2.23. The van der Waals surface area contributed by atoms with Crippen molar-refractivity contribution in [3.05, 3.63) is 35.9 Å². The summed E-state index contributed by atoms with van der Waals surface area (Å²) in [5.74, 6) is 1.91. The monoisotopic (exact) mass is 200 g/mol. The molecule has 2 aromatic rings.